The fraction of sp³-hybridized carbons (Fsp3) is 0.800. The third kappa shape index (κ3) is 3.01. The van der Waals surface area contributed by atoms with Crippen LogP contribution in [0.5, 0.6) is 0 Å². The van der Waals surface area contributed by atoms with E-state index in [-0.39, 0.29) is 23.8 Å². The maximum Gasteiger partial charge on any atom is 0.222 e. The van der Waals surface area contributed by atoms with E-state index in [0.29, 0.717) is 0 Å². The Hall–Kier alpha value is -1.06. The standard InChI is InChI=1S/C10H18N2O2/c1-7(13)12-9-5-3-8(4-6-9)10(14)11-2/h8-9H,3-6H2,1-2H3,(H,11,14)(H,12,13). The summed E-state index contributed by atoms with van der Waals surface area (Å²) in [5, 5.41) is 5.55. The van der Waals surface area contributed by atoms with E-state index in [4.69, 9.17) is 0 Å². The van der Waals surface area contributed by atoms with E-state index in [9.17, 15) is 9.59 Å². The van der Waals surface area contributed by atoms with E-state index in [1.807, 2.05) is 0 Å². The number of hydrogen-bond donors (Lipinski definition) is 2. The number of amides is 2. The van der Waals surface area contributed by atoms with Crippen LogP contribution in [0.25, 0.3) is 0 Å². The van der Waals surface area contributed by atoms with E-state index >= 15 is 0 Å². The van der Waals surface area contributed by atoms with Gasteiger partial charge in [0.2, 0.25) is 11.8 Å². The quantitative estimate of drug-likeness (QED) is 0.676. The fourth-order valence-electron chi connectivity index (χ4n) is 1.99. The molecule has 0 unspecified atom stereocenters. The molecule has 80 valence electrons. The summed E-state index contributed by atoms with van der Waals surface area (Å²) in [7, 11) is 1.67. The summed E-state index contributed by atoms with van der Waals surface area (Å²) in [6.45, 7) is 1.53. The lowest BCUT2D eigenvalue weighted by molar-refractivity contribution is -0.125. The van der Waals surface area contributed by atoms with Gasteiger partial charge in [-0.3, -0.25) is 9.59 Å². The summed E-state index contributed by atoms with van der Waals surface area (Å²) in [5.41, 5.74) is 0. The number of nitrogens with one attached hydrogen (secondary N) is 2. The van der Waals surface area contributed by atoms with Gasteiger partial charge in [-0.15, -0.1) is 0 Å². The van der Waals surface area contributed by atoms with Crippen LogP contribution in [0.1, 0.15) is 32.6 Å². The second kappa shape index (κ2) is 4.98. The molecule has 0 aromatic carbocycles. The SMILES string of the molecule is CNC(=O)C1CCC(NC(C)=O)CC1. The van der Waals surface area contributed by atoms with Crippen molar-refractivity contribution in [1.29, 1.82) is 0 Å². The van der Waals surface area contributed by atoms with Crippen molar-refractivity contribution in [2.45, 2.75) is 38.6 Å². The Bertz CT molecular complexity index is 220. The number of hydrogen-bond acceptors (Lipinski definition) is 2. The van der Waals surface area contributed by atoms with Crippen LogP contribution in [0.15, 0.2) is 0 Å². The van der Waals surface area contributed by atoms with Crippen LogP contribution in [-0.2, 0) is 9.59 Å². The van der Waals surface area contributed by atoms with Crippen LogP contribution in [0.3, 0.4) is 0 Å². The Morgan fingerprint density at radius 2 is 1.71 bits per heavy atom. The van der Waals surface area contributed by atoms with Crippen LogP contribution in [0.4, 0.5) is 0 Å². The highest BCUT2D eigenvalue weighted by atomic mass is 16.2. The Morgan fingerprint density at radius 3 is 2.14 bits per heavy atom. The molecular formula is C10H18N2O2. The molecule has 0 bridgehead atoms. The van der Waals surface area contributed by atoms with Crippen molar-refractivity contribution in [2.75, 3.05) is 7.05 Å². The topological polar surface area (TPSA) is 58.2 Å². The third-order valence-electron chi connectivity index (χ3n) is 2.75. The van der Waals surface area contributed by atoms with Gasteiger partial charge in [0.05, 0.1) is 0 Å². The first-order valence-corrected chi connectivity index (χ1v) is 5.12. The van der Waals surface area contributed by atoms with Crippen molar-refractivity contribution < 1.29 is 9.59 Å². The molecular weight excluding hydrogens is 180 g/mol. The van der Waals surface area contributed by atoms with Gasteiger partial charge in [0.15, 0.2) is 0 Å². The van der Waals surface area contributed by atoms with Crippen LogP contribution >= 0.6 is 0 Å². The van der Waals surface area contributed by atoms with Crippen LogP contribution in [-0.4, -0.2) is 24.9 Å². The van der Waals surface area contributed by atoms with Gasteiger partial charge in [-0.1, -0.05) is 0 Å². The summed E-state index contributed by atoms with van der Waals surface area (Å²) < 4.78 is 0. The number of rotatable bonds is 2. The number of carbonyl (C=O) groups excluding carboxylic acids is 2. The third-order valence-corrected chi connectivity index (χ3v) is 2.75. The average molecular weight is 198 g/mol. The molecule has 4 heteroatoms. The molecule has 1 fully saturated rings. The highest BCUT2D eigenvalue weighted by Gasteiger charge is 2.25. The first-order valence-electron chi connectivity index (χ1n) is 5.12. The Labute approximate surface area is 84.4 Å². The van der Waals surface area contributed by atoms with Crippen molar-refractivity contribution in [3.63, 3.8) is 0 Å². The minimum Gasteiger partial charge on any atom is -0.359 e. The van der Waals surface area contributed by atoms with Gasteiger partial charge in [-0.05, 0) is 25.7 Å². The summed E-state index contributed by atoms with van der Waals surface area (Å²) in [4.78, 5) is 22.1. The number of carbonyl (C=O) groups is 2. The minimum atomic E-state index is 0.0217. The highest BCUT2D eigenvalue weighted by Crippen LogP contribution is 2.24. The predicted molar refractivity (Wildman–Crippen MR) is 53.6 cm³/mol. The van der Waals surface area contributed by atoms with Crippen molar-refractivity contribution in [3.05, 3.63) is 0 Å². The monoisotopic (exact) mass is 198 g/mol. The molecule has 0 aliphatic heterocycles. The molecule has 1 aliphatic rings. The van der Waals surface area contributed by atoms with Crippen LogP contribution in [0.2, 0.25) is 0 Å². The summed E-state index contributed by atoms with van der Waals surface area (Å²) >= 11 is 0. The molecule has 1 aliphatic carbocycles. The lowest BCUT2D eigenvalue weighted by atomic mass is 9.85. The minimum absolute atomic E-state index is 0.0217. The summed E-state index contributed by atoms with van der Waals surface area (Å²) in [6.07, 6.45) is 3.59. The Balaban J connectivity index is 2.31. The lowest BCUT2D eigenvalue weighted by Gasteiger charge is -2.27. The van der Waals surface area contributed by atoms with Gasteiger partial charge in [-0.25, -0.2) is 0 Å². The Morgan fingerprint density at radius 1 is 1.14 bits per heavy atom. The molecule has 0 aromatic heterocycles. The second-order valence-corrected chi connectivity index (χ2v) is 3.86. The zero-order chi connectivity index (χ0) is 10.6. The summed E-state index contributed by atoms with van der Waals surface area (Å²) in [5.74, 6) is 0.296. The molecule has 14 heavy (non-hydrogen) atoms. The zero-order valence-electron chi connectivity index (χ0n) is 8.80. The van der Waals surface area contributed by atoms with Gasteiger partial charge in [-0.2, -0.15) is 0 Å². The van der Waals surface area contributed by atoms with Gasteiger partial charge in [0.25, 0.3) is 0 Å². The molecule has 0 heterocycles. The molecule has 0 radical (unpaired) electrons. The molecule has 0 aromatic rings. The van der Waals surface area contributed by atoms with Crippen molar-refractivity contribution in [1.82, 2.24) is 10.6 Å². The van der Waals surface area contributed by atoms with Crippen LogP contribution in [0, 0.1) is 5.92 Å². The van der Waals surface area contributed by atoms with Crippen LogP contribution < -0.4 is 10.6 Å². The molecule has 1 saturated carbocycles. The van der Waals surface area contributed by atoms with Gasteiger partial charge >= 0.3 is 0 Å². The van der Waals surface area contributed by atoms with Crippen molar-refractivity contribution in [2.24, 2.45) is 5.92 Å². The van der Waals surface area contributed by atoms with E-state index in [0.717, 1.165) is 25.7 Å². The Kier molecular flexibility index (Phi) is 3.92. The fourth-order valence-corrected chi connectivity index (χ4v) is 1.99. The van der Waals surface area contributed by atoms with Crippen molar-refractivity contribution in [3.8, 4) is 0 Å². The molecule has 4 nitrogen and oxygen atoms in total. The first kappa shape index (κ1) is 11.0. The molecule has 0 spiro atoms. The molecule has 2 N–H and O–H groups in total. The predicted octanol–water partition coefficient (Wildman–Crippen LogP) is 0.427. The molecule has 1 rings (SSSR count). The first-order chi connectivity index (χ1) is 6.63. The maximum atomic E-state index is 11.3. The summed E-state index contributed by atoms with van der Waals surface area (Å²) in [6, 6.07) is 0.272. The maximum absolute atomic E-state index is 11.3. The molecule has 0 atom stereocenters. The van der Waals surface area contributed by atoms with Gasteiger partial charge in [0, 0.05) is 25.9 Å². The van der Waals surface area contributed by atoms with E-state index < -0.39 is 0 Å². The van der Waals surface area contributed by atoms with Gasteiger partial charge in [0.1, 0.15) is 0 Å². The van der Waals surface area contributed by atoms with Crippen molar-refractivity contribution >= 4 is 11.8 Å². The average Bonchev–Trinajstić information content (AvgIpc) is 2.17. The van der Waals surface area contributed by atoms with E-state index in [2.05, 4.69) is 10.6 Å². The van der Waals surface area contributed by atoms with E-state index in [1.165, 1.54) is 6.92 Å². The largest absolute Gasteiger partial charge is 0.359 e. The smallest absolute Gasteiger partial charge is 0.222 e. The molecule has 2 amide bonds. The lowest BCUT2D eigenvalue weighted by Crippen LogP contribution is -2.39. The molecule has 0 saturated heterocycles. The zero-order valence-corrected chi connectivity index (χ0v) is 8.80. The normalized spacial score (nSPS) is 26.7. The van der Waals surface area contributed by atoms with Gasteiger partial charge < -0.3 is 10.6 Å². The van der Waals surface area contributed by atoms with E-state index in [1.54, 1.807) is 7.05 Å². The highest BCUT2D eigenvalue weighted by molar-refractivity contribution is 5.78. The second-order valence-electron chi connectivity index (χ2n) is 3.86.